The molecule has 1 N–H and O–H groups in total. The number of hydrogen-bond donors (Lipinski definition) is 1. The van der Waals surface area contributed by atoms with E-state index in [1.54, 1.807) is 12.3 Å². The molecule has 0 radical (unpaired) electrons. The molecule has 126 valence electrons. The molecule has 1 aromatic rings. The molecule has 22 heavy (non-hydrogen) atoms. The Hall–Kier alpha value is -1.33. The maximum atomic E-state index is 11.7. The summed E-state index contributed by atoms with van der Waals surface area (Å²) in [4.78, 5) is 13.9. The first-order valence-corrected chi connectivity index (χ1v) is 8.16. The van der Waals surface area contributed by atoms with Crippen molar-refractivity contribution in [3.05, 3.63) is 28.2 Å². The van der Waals surface area contributed by atoms with Gasteiger partial charge < -0.3 is 19.3 Å². The SMILES string of the molecule is CCCCN(C)Cc1cc(=O)c(O)cn1CCCOC(C)C. The number of aryl methyl sites for hydroxylation is 1. The van der Waals surface area contributed by atoms with E-state index in [9.17, 15) is 9.90 Å². The van der Waals surface area contributed by atoms with Gasteiger partial charge in [0.05, 0.1) is 12.3 Å². The van der Waals surface area contributed by atoms with E-state index in [2.05, 4.69) is 18.9 Å². The van der Waals surface area contributed by atoms with E-state index in [-0.39, 0.29) is 17.3 Å². The summed E-state index contributed by atoms with van der Waals surface area (Å²) in [5.74, 6) is -0.190. The van der Waals surface area contributed by atoms with Crippen molar-refractivity contribution in [1.82, 2.24) is 9.47 Å². The second-order valence-corrected chi connectivity index (χ2v) is 6.07. The van der Waals surface area contributed by atoms with Crippen LogP contribution in [0.1, 0.15) is 45.7 Å². The molecule has 0 amide bonds. The number of aromatic hydroxyl groups is 1. The van der Waals surface area contributed by atoms with E-state index in [1.165, 1.54) is 0 Å². The molecule has 5 nitrogen and oxygen atoms in total. The molecular formula is C17H30N2O3. The number of ether oxygens (including phenoxy) is 1. The Morgan fingerprint density at radius 2 is 2.09 bits per heavy atom. The van der Waals surface area contributed by atoms with Crippen LogP contribution in [0.4, 0.5) is 0 Å². The lowest BCUT2D eigenvalue weighted by molar-refractivity contribution is 0.0746. The average molecular weight is 310 g/mol. The minimum absolute atomic E-state index is 0.190. The smallest absolute Gasteiger partial charge is 0.223 e. The van der Waals surface area contributed by atoms with Crippen molar-refractivity contribution in [3.8, 4) is 5.75 Å². The van der Waals surface area contributed by atoms with Crippen molar-refractivity contribution >= 4 is 0 Å². The van der Waals surface area contributed by atoms with Crippen LogP contribution in [0.15, 0.2) is 17.1 Å². The molecule has 0 fully saturated rings. The maximum absolute atomic E-state index is 11.7. The molecule has 0 atom stereocenters. The van der Waals surface area contributed by atoms with E-state index < -0.39 is 0 Å². The van der Waals surface area contributed by atoms with Crippen LogP contribution in [0.5, 0.6) is 5.75 Å². The van der Waals surface area contributed by atoms with Crippen LogP contribution >= 0.6 is 0 Å². The van der Waals surface area contributed by atoms with Crippen LogP contribution in [0.2, 0.25) is 0 Å². The van der Waals surface area contributed by atoms with Gasteiger partial charge in [0.25, 0.3) is 0 Å². The Morgan fingerprint density at radius 3 is 2.73 bits per heavy atom. The summed E-state index contributed by atoms with van der Waals surface area (Å²) in [6, 6.07) is 1.54. The van der Waals surface area contributed by atoms with Crippen molar-refractivity contribution in [2.45, 2.75) is 59.2 Å². The lowest BCUT2D eigenvalue weighted by Crippen LogP contribution is -2.24. The molecule has 1 aromatic heterocycles. The van der Waals surface area contributed by atoms with Gasteiger partial charge in [-0.1, -0.05) is 13.3 Å². The van der Waals surface area contributed by atoms with E-state index in [0.29, 0.717) is 13.2 Å². The van der Waals surface area contributed by atoms with Crippen LogP contribution in [-0.2, 0) is 17.8 Å². The fourth-order valence-corrected chi connectivity index (χ4v) is 2.28. The molecule has 0 aliphatic heterocycles. The molecule has 0 unspecified atom stereocenters. The number of pyridine rings is 1. The predicted molar refractivity (Wildman–Crippen MR) is 89.3 cm³/mol. The first-order valence-electron chi connectivity index (χ1n) is 8.16. The predicted octanol–water partition coefficient (Wildman–Crippen LogP) is 2.60. The quantitative estimate of drug-likeness (QED) is 0.675. The highest BCUT2D eigenvalue weighted by Crippen LogP contribution is 2.09. The maximum Gasteiger partial charge on any atom is 0.223 e. The third-order valence-corrected chi connectivity index (χ3v) is 3.52. The summed E-state index contributed by atoms with van der Waals surface area (Å²) in [6.07, 6.45) is 4.91. The summed E-state index contributed by atoms with van der Waals surface area (Å²) < 4.78 is 7.50. The van der Waals surface area contributed by atoms with Gasteiger partial charge in [0.15, 0.2) is 5.75 Å². The number of unbranched alkanes of at least 4 members (excludes halogenated alkanes) is 1. The molecule has 1 rings (SSSR count). The Kier molecular flexibility index (Phi) is 8.20. The summed E-state index contributed by atoms with van der Waals surface area (Å²) in [7, 11) is 2.05. The summed E-state index contributed by atoms with van der Waals surface area (Å²) >= 11 is 0. The van der Waals surface area contributed by atoms with Gasteiger partial charge in [-0.05, 0) is 40.3 Å². The zero-order valence-electron chi connectivity index (χ0n) is 14.3. The lowest BCUT2D eigenvalue weighted by atomic mass is 10.2. The molecule has 0 spiro atoms. The number of aromatic nitrogens is 1. The highest BCUT2D eigenvalue weighted by molar-refractivity contribution is 5.20. The third-order valence-electron chi connectivity index (χ3n) is 3.52. The van der Waals surface area contributed by atoms with E-state index in [1.807, 2.05) is 18.4 Å². The molecule has 0 aliphatic rings. The van der Waals surface area contributed by atoms with Crippen LogP contribution in [0, 0.1) is 0 Å². The Labute approximate surface area is 133 Å². The monoisotopic (exact) mass is 310 g/mol. The Bertz CT molecular complexity index is 497. The van der Waals surface area contributed by atoms with Gasteiger partial charge in [0.1, 0.15) is 0 Å². The van der Waals surface area contributed by atoms with Crippen LogP contribution in [-0.4, -0.2) is 40.9 Å². The summed E-state index contributed by atoms with van der Waals surface area (Å²) in [5, 5.41) is 9.67. The van der Waals surface area contributed by atoms with Gasteiger partial charge in [-0.25, -0.2) is 0 Å². The van der Waals surface area contributed by atoms with E-state index in [4.69, 9.17) is 4.74 Å². The number of hydrogen-bond acceptors (Lipinski definition) is 4. The zero-order valence-corrected chi connectivity index (χ0v) is 14.3. The fraction of sp³-hybridized carbons (Fsp3) is 0.706. The van der Waals surface area contributed by atoms with Gasteiger partial charge in [-0.3, -0.25) is 4.79 Å². The lowest BCUT2D eigenvalue weighted by Gasteiger charge is -2.20. The molecule has 0 aromatic carbocycles. The molecular weight excluding hydrogens is 280 g/mol. The van der Waals surface area contributed by atoms with Crippen molar-refractivity contribution in [1.29, 1.82) is 0 Å². The van der Waals surface area contributed by atoms with Crippen LogP contribution in [0.3, 0.4) is 0 Å². The highest BCUT2D eigenvalue weighted by Gasteiger charge is 2.08. The van der Waals surface area contributed by atoms with Gasteiger partial charge in [-0.15, -0.1) is 0 Å². The van der Waals surface area contributed by atoms with Crippen LogP contribution < -0.4 is 5.43 Å². The van der Waals surface area contributed by atoms with Gasteiger partial charge in [-0.2, -0.15) is 0 Å². The molecule has 0 bridgehead atoms. The molecule has 5 heteroatoms. The van der Waals surface area contributed by atoms with Crippen molar-refractivity contribution in [2.75, 3.05) is 20.2 Å². The minimum atomic E-state index is -0.312. The second kappa shape index (κ2) is 9.64. The largest absolute Gasteiger partial charge is 0.503 e. The molecule has 0 aliphatic carbocycles. The summed E-state index contributed by atoms with van der Waals surface area (Å²) in [5.41, 5.74) is 0.625. The number of nitrogens with zero attached hydrogens (tertiary/aromatic N) is 2. The van der Waals surface area contributed by atoms with E-state index >= 15 is 0 Å². The zero-order chi connectivity index (χ0) is 16.5. The molecule has 1 heterocycles. The highest BCUT2D eigenvalue weighted by atomic mass is 16.5. The standard InChI is InChI=1S/C17H30N2O3/c1-5-6-8-18(4)12-15-11-16(20)17(21)13-19(15)9-7-10-22-14(2)3/h11,13-14,21H,5-10,12H2,1-4H3. The van der Waals surface area contributed by atoms with Gasteiger partial charge in [0, 0.05) is 31.5 Å². The van der Waals surface area contributed by atoms with E-state index in [0.717, 1.165) is 38.0 Å². The Balaban J connectivity index is 2.72. The first-order chi connectivity index (χ1) is 10.4. The third kappa shape index (κ3) is 6.62. The van der Waals surface area contributed by atoms with Gasteiger partial charge in [0.2, 0.25) is 5.43 Å². The Morgan fingerprint density at radius 1 is 1.36 bits per heavy atom. The van der Waals surface area contributed by atoms with Crippen molar-refractivity contribution in [2.24, 2.45) is 0 Å². The molecule has 0 saturated carbocycles. The second-order valence-electron chi connectivity index (χ2n) is 6.07. The first kappa shape index (κ1) is 18.7. The normalized spacial score (nSPS) is 11.5. The van der Waals surface area contributed by atoms with Crippen molar-refractivity contribution in [3.63, 3.8) is 0 Å². The van der Waals surface area contributed by atoms with Crippen molar-refractivity contribution < 1.29 is 9.84 Å². The number of rotatable bonds is 10. The van der Waals surface area contributed by atoms with Gasteiger partial charge >= 0.3 is 0 Å². The minimum Gasteiger partial charge on any atom is -0.503 e. The molecule has 0 saturated heterocycles. The topological polar surface area (TPSA) is 54.7 Å². The van der Waals surface area contributed by atoms with Crippen LogP contribution in [0.25, 0.3) is 0 Å². The summed E-state index contributed by atoms with van der Waals surface area (Å²) in [6.45, 7) is 9.31. The fourth-order valence-electron chi connectivity index (χ4n) is 2.28. The average Bonchev–Trinajstić information content (AvgIpc) is 2.45.